The summed E-state index contributed by atoms with van der Waals surface area (Å²) in [5, 5.41) is 10.9. The fourth-order valence-corrected chi connectivity index (χ4v) is 0.689. The van der Waals surface area contributed by atoms with Gasteiger partial charge >= 0.3 is 0 Å². The minimum atomic E-state index is 0.660. The molecule has 0 spiro atoms. The molecule has 1 N–H and O–H groups in total. The molecule has 0 aromatic carbocycles. The van der Waals surface area contributed by atoms with Crippen LogP contribution in [0.25, 0.3) is 0 Å². The molecule has 56 valence electrons. The number of halogens is 1. The first-order valence-corrected chi connectivity index (χ1v) is 3.28. The lowest BCUT2D eigenvalue weighted by Gasteiger charge is -1.97. The van der Waals surface area contributed by atoms with Crippen LogP contribution in [0.1, 0.15) is 5.82 Å². The average Bonchev–Trinajstić information content (AvgIpc) is 2.31. The van der Waals surface area contributed by atoms with Gasteiger partial charge in [-0.1, -0.05) is 0 Å². The largest absolute Gasteiger partial charge is 0.232 e. The Bertz CT molecular complexity index is 197. The Hall–Kier alpha value is -0.680. The SMILES string of the molecule is Cc1nnnn1CCNCl. The Morgan fingerprint density at radius 2 is 2.50 bits per heavy atom. The molecule has 6 heteroatoms. The third kappa shape index (κ3) is 1.65. The normalized spacial score (nSPS) is 10.2. The maximum Gasteiger partial charge on any atom is 0.148 e. The van der Waals surface area contributed by atoms with E-state index in [4.69, 9.17) is 11.8 Å². The summed E-state index contributed by atoms with van der Waals surface area (Å²) in [4.78, 5) is 2.49. The lowest BCUT2D eigenvalue weighted by atomic mass is 10.6. The Balaban J connectivity index is 2.49. The highest BCUT2D eigenvalue weighted by Crippen LogP contribution is 1.85. The summed E-state index contributed by atoms with van der Waals surface area (Å²) in [5.41, 5.74) is 0. The van der Waals surface area contributed by atoms with Gasteiger partial charge in [0.1, 0.15) is 5.82 Å². The summed E-state index contributed by atoms with van der Waals surface area (Å²) < 4.78 is 1.68. The Morgan fingerprint density at radius 3 is 3.00 bits per heavy atom. The average molecular weight is 162 g/mol. The zero-order chi connectivity index (χ0) is 7.40. The molecule has 0 unspecified atom stereocenters. The van der Waals surface area contributed by atoms with Crippen LogP contribution in [0.4, 0.5) is 0 Å². The standard InChI is InChI=1S/C4H8ClN5/c1-4-7-8-9-10(4)3-2-6-5/h6H,2-3H2,1H3. The van der Waals surface area contributed by atoms with Gasteiger partial charge in [0.15, 0.2) is 0 Å². The highest BCUT2D eigenvalue weighted by molar-refractivity contribution is 6.13. The molecule has 0 atom stereocenters. The predicted molar refractivity (Wildman–Crippen MR) is 36.4 cm³/mol. The zero-order valence-electron chi connectivity index (χ0n) is 5.58. The van der Waals surface area contributed by atoms with E-state index >= 15 is 0 Å². The van der Waals surface area contributed by atoms with Crippen LogP contribution in [0.3, 0.4) is 0 Å². The first-order chi connectivity index (χ1) is 4.84. The second-order valence-electron chi connectivity index (χ2n) is 1.83. The van der Waals surface area contributed by atoms with E-state index in [9.17, 15) is 0 Å². The summed E-state index contributed by atoms with van der Waals surface area (Å²) in [5.74, 6) is 0.798. The number of hydrogen-bond acceptors (Lipinski definition) is 4. The third-order valence-corrected chi connectivity index (χ3v) is 1.32. The van der Waals surface area contributed by atoms with E-state index in [0.29, 0.717) is 13.1 Å². The van der Waals surface area contributed by atoms with E-state index in [2.05, 4.69) is 20.4 Å². The quantitative estimate of drug-likeness (QED) is 0.620. The molecule has 0 aliphatic rings. The fraction of sp³-hybridized carbons (Fsp3) is 0.750. The van der Waals surface area contributed by atoms with Crippen molar-refractivity contribution in [1.82, 2.24) is 25.0 Å². The summed E-state index contributed by atoms with van der Waals surface area (Å²) >= 11 is 5.24. The van der Waals surface area contributed by atoms with Crippen molar-refractivity contribution in [3.63, 3.8) is 0 Å². The second kappa shape index (κ2) is 3.48. The van der Waals surface area contributed by atoms with Gasteiger partial charge in [0.25, 0.3) is 0 Å². The first kappa shape index (κ1) is 7.43. The van der Waals surface area contributed by atoms with Crippen LogP contribution >= 0.6 is 11.8 Å². The molecule has 5 nitrogen and oxygen atoms in total. The molecule has 0 saturated carbocycles. The van der Waals surface area contributed by atoms with Crippen LogP contribution in [0, 0.1) is 6.92 Å². The molecule has 0 aliphatic heterocycles. The van der Waals surface area contributed by atoms with E-state index in [1.165, 1.54) is 0 Å². The summed E-state index contributed by atoms with van der Waals surface area (Å²) in [6.45, 7) is 3.20. The highest BCUT2D eigenvalue weighted by atomic mass is 35.5. The lowest BCUT2D eigenvalue weighted by Crippen LogP contribution is -2.13. The Kier molecular flexibility index (Phi) is 2.58. The molecule has 1 rings (SSSR count). The van der Waals surface area contributed by atoms with Gasteiger partial charge in [-0.15, -0.1) is 5.10 Å². The molecule has 0 fully saturated rings. The van der Waals surface area contributed by atoms with Crippen LogP contribution < -0.4 is 4.84 Å². The first-order valence-electron chi connectivity index (χ1n) is 2.91. The molecule has 1 aromatic rings. The van der Waals surface area contributed by atoms with Crippen LogP contribution in [-0.4, -0.2) is 26.8 Å². The van der Waals surface area contributed by atoms with Crippen LogP contribution in [0.5, 0.6) is 0 Å². The van der Waals surface area contributed by atoms with E-state index < -0.39 is 0 Å². The van der Waals surface area contributed by atoms with Crippen molar-refractivity contribution in [2.45, 2.75) is 13.5 Å². The monoisotopic (exact) mass is 161 g/mol. The molecule has 1 aromatic heterocycles. The topological polar surface area (TPSA) is 55.6 Å². The molecule has 0 saturated heterocycles. The van der Waals surface area contributed by atoms with Gasteiger partial charge in [-0.25, -0.2) is 9.52 Å². The number of aromatic nitrogens is 4. The second-order valence-corrected chi connectivity index (χ2v) is 2.10. The molecular formula is C4H8ClN5. The van der Waals surface area contributed by atoms with Crippen LogP contribution in [0.15, 0.2) is 0 Å². The highest BCUT2D eigenvalue weighted by Gasteiger charge is 1.96. The smallest absolute Gasteiger partial charge is 0.148 e. The van der Waals surface area contributed by atoms with Crippen LogP contribution in [-0.2, 0) is 6.54 Å². The molecule has 0 aliphatic carbocycles. The number of nitrogens with one attached hydrogen (secondary N) is 1. The van der Waals surface area contributed by atoms with E-state index in [1.807, 2.05) is 6.92 Å². The lowest BCUT2D eigenvalue weighted by molar-refractivity contribution is 0.573. The number of aryl methyl sites for hydroxylation is 1. The van der Waals surface area contributed by atoms with Crippen molar-refractivity contribution < 1.29 is 0 Å². The number of rotatable bonds is 3. The van der Waals surface area contributed by atoms with Gasteiger partial charge in [0.05, 0.1) is 6.54 Å². The minimum Gasteiger partial charge on any atom is -0.232 e. The number of tetrazole rings is 1. The number of hydrogen-bond donors (Lipinski definition) is 1. The maximum atomic E-state index is 5.24. The van der Waals surface area contributed by atoms with Gasteiger partial charge in [0, 0.05) is 6.54 Å². The Labute approximate surface area is 63.5 Å². The third-order valence-electron chi connectivity index (χ3n) is 1.13. The van der Waals surface area contributed by atoms with Gasteiger partial charge in [0.2, 0.25) is 0 Å². The molecule has 0 radical (unpaired) electrons. The predicted octanol–water partition coefficient (Wildman–Crippen LogP) is -0.275. The molecular weight excluding hydrogens is 154 g/mol. The van der Waals surface area contributed by atoms with Crippen molar-refractivity contribution in [3.05, 3.63) is 5.82 Å². The molecule has 0 amide bonds. The summed E-state index contributed by atoms with van der Waals surface area (Å²) in [6.07, 6.45) is 0. The van der Waals surface area contributed by atoms with Crippen molar-refractivity contribution in [2.24, 2.45) is 0 Å². The van der Waals surface area contributed by atoms with Crippen molar-refractivity contribution in [1.29, 1.82) is 0 Å². The fourth-order valence-electron chi connectivity index (χ4n) is 0.604. The minimum absolute atomic E-state index is 0.660. The maximum absolute atomic E-state index is 5.24. The van der Waals surface area contributed by atoms with E-state index in [-0.39, 0.29) is 0 Å². The van der Waals surface area contributed by atoms with E-state index in [1.54, 1.807) is 4.68 Å². The van der Waals surface area contributed by atoms with Gasteiger partial charge < -0.3 is 0 Å². The summed E-state index contributed by atoms with van der Waals surface area (Å²) in [6, 6.07) is 0. The number of nitrogens with zero attached hydrogens (tertiary/aromatic N) is 4. The van der Waals surface area contributed by atoms with E-state index in [0.717, 1.165) is 5.82 Å². The van der Waals surface area contributed by atoms with Crippen molar-refractivity contribution in [3.8, 4) is 0 Å². The van der Waals surface area contributed by atoms with Gasteiger partial charge in [-0.2, -0.15) is 0 Å². The zero-order valence-corrected chi connectivity index (χ0v) is 6.34. The molecule has 10 heavy (non-hydrogen) atoms. The summed E-state index contributed by atoms with van der Waals surface area (Å²) in [7, 11) is 0. The van der Waals surface area contributed by atoms with Gasteiger partial charge in [-0.05, 0) is 29.1 Å². The van der Waals surface area contributed by atoms with Crippen molar-refractivity contribution >= 4 is 11.8 Å². The van der Waals surface area contributed by atoms with Crippen molar-refractivity contribution in [2.75, 3.05) is 6.54 Å². The van der Waals surface area contributed by atoms with Gasteiger partial charge in [-0.3, -0.25) is 0 Å². The van der Waals surface area contributed by atoms with Crippen LogP contribution in [0.2, 0.25) is 0 Å². The Morgan fingerprint density at radius 1 is 1.70 bits per heavy atom. The molecule has 0 bridgehead atoms. The molecule has 1 heterocycles.